The fourth-order valence-corrected chi connectivity index (χ4v) is 8.55. The summed E-state index contributed by atoms with van der Waals surface area (Å²) in [5.41, 5.74) is -0.877. The Bertz CT molecular complexity index is 1340. The van der Waals surface area contributed by atoms with Crippen LogP contribution in [0.2, 0.25) is 0 Å². The monoisotopic (exact) mass is 897 g/mol. The summed E-state index contributed by atoms with van der Waals surface area (Å²) in [5.74, 6) is -1.93. The summed E-state index contributed by atoms with van der Waals surface area (Å²) in [6, 6.07) is 3.55. The van der Waals surface area contributed by atoms with Gasteiger partial charge in [-0.15, -0.1) is 0 Å². The van der Waals surface area contributed by atoms with Gasteiger partial charge in [-0.25, -0.2) is 18.0 Å². The number of esters is 2. The van der Waals surface area contributed by atoms with E-state index in [1.165, 1.54) is 211 Å². The molecule has 1 aromatic carbocycles. The molecule has 0 N–H and O–H groups in total. The van der Waals surface area contributed by atoms with Crippen molar-refractivity contribution in [3.05, 3.63) is 53.6 Å². The van der Waals surface area contributed by atoms with Crippen LogP contribution >= 0.6 is 0 Å². The summed E-state index contributed by atoms with van der Waals surface area (Å²) in [5, 5.41) is 0. The van der Waals surface area contributed by atoms with Gasteiger partial charge < -0.3 is 14.0 Å². The third-order valence-corrected chi connectivity index (χ3v) is 12.5. The van der Waals surface area contributed by atoms with E-state index in [-0.39, 0.29) is 70.2 Å². The number of ether oxygens (including phenoxy) is 2. The van der Waals surface area contributed by atoms with Crippen LogP contribution in [0.4, 0.5) is 0 Å². The molecule has 61 heavy (non-hydrogen) atoms. The molecule has 0 aliphatic carbocycles. The minimum absolute atomic E-state index is 0. The molecule has 0 radical (unpaired) electrons. The van der Waals surface area contributed by atoms with E-state index in [0.29, 0.717) is 0 Å². The molecule has 0 fully saturated rings. The molecule has 1 rings (SSSR count). The first-order valence-corrected chi connectivity index (χ1v) is 26.5. The number of hydrogen-bond acceptors (Lipinski definition) is 7. The number of carbonyl (C=O) groups is 2. The Hall–Kier alpha value is -0.814. The Morgan fingerprint density at radius 1 is 0.459 bits per heavy atom. The Balaban J connectivity index is 0.0000360. The third kappa shape index (κ3) is 36.1. The summed E-state index contributed by atoms with van der Waals surface area (Å²) >= 11 is 0. The maximum atomic E-state index is 13.0. The van der Waals surface area contributed by atoms with Crippen molar-refractivity contribution in [1.29, 1.82) is 0 Å². The molecule has 0 amide bonds. The molecule has 0 saturated carbocycles. The van der Waals surface area contributed by atoms with Gasteiger partial charge in [-0.3, -0.25) is 0 Å². The van der Waals surface area contributed by atoms with Gasteiger partial charge in [-0.05, 0) is 37.8 Å². The van der Waals surface area contributed by atoms with Gasteiger partial charge in [-0.2, -0.15) is 0 Å². The fourth-order valence-electron chi connectivity index (χ4n) is 7.86. The molecule has 7 nitrogen and oxygen atoms in total. The zero-order chi connectivity index (χ0) is 43.6. The first-order valence-electron chi connectivity index (χ1n) is 25.1. The van der Waals surface area contributed by atoms with E-state index in [1.807, 2.05) is 12.2 Å². The second-order valence-corrected chi connectivity index (χ2v) is 18.5. The number of carbonyl (C=O) groups excluding carboxylic acids is 2. The van der Waals surface area contributed by atoms with Crippen molar-refractivity contribution in [2.45, 2.75) is 250 Å². The summed E-state index contributed by atoms with van der Waals surface area (Å²) < 4.78 is 46.7. The van der Waals surface area contributed by atoms with Gasteiger partial charge in [0, 0.05) is 0 Å². The summed E-state index contributed by atoms with van der Waals surface area (Å²) in [4.78, 5) is 25.2. The topological polar surface area (TPSA) is 110 Å². The molecule has 1 aromatic rings. The minimum atomic E-state index is -5.05. The molecule has 0 unspecified atom stereocenters. The van der Waals surface area contributed by atoms with Crippen molar-refractivity contribution in [3.63, 3.8) is 0 Å². The molecule has 0 heterocycles. The molecule has 0 atom stereocenters. The maximum Gasteiger partial charge on any atom is 1.00 e. The standard InChI is InChI=1S/C52H90O7S.K/c1-3-5-7-9-11-13-15-17-19-21-23-25-27-29-31-33-35-37-39-41-46-58-51(53)48-44-43-45-49(60(55,56)57)50(48)52(54)59-47-42-40-38-36-34-32-30-28-26-24-22-20-18-16-14-12-10-8-6-4-2;/h39-45H,3-38,46-47H2,1-2H3,(H,55,56,57);/q;+1/p-1/b41-39+,42-40+;. The first kappa shape index (κ1) is 60.2. The van der Waals surface area contributed by atoms with E-state index >= 15 is 0 Å². The summed E-state index contributed by atoms with van der Waals surface area (Å²) in [6.45, 7) is 4.42. The largest absolute Gasteiger partial charge is 1.00 e. The number of unbranched alkanes of at least 4 members (excludes halogenated alkanes) is 34. The third-order valence-electron chi connectivity index (χ3n) is 11.6. The van der Waals surface area contributed by atoms with Crippen LogP contribution < -0.4 is 51.4 Å². The predicted octanol–water partition coefficient (Wildman–Crippen LogP) is 13.1. The maximum absolute atomic E-state index is 13.0. The van der Waals surface area contributed by atoms with Crippen molar-refractivity contribution in [2.75, 3.05) is 13.2 Å². The molecule has 0 aliphatic rings. The Morgan fingerprint density at radius 2 is 0.754 bits per heavy atom. The first-order chi connectivity index (χ1) is 29.3. The zero-order valence-corrected chi connectivity index (χ0v) is 43.6. The van der Waals surface area contributed by atoms with Gasteiger partial charge in [0.2, 0.25) is 0 Å². The number of benzene rings is 1. The van der Waals surface area contributed by atoms with Gasteiger partial charge in [-0.1, -0.05) is 250 Å². The summed E-state index contributed by atoms with van der Waals surface area (Å²) in [6.07, 6.45) is 54.3. The van der Waals surface area contributed by atoms with Gasteiger partial charge in [0.1, 0.15) is 23.3 Å². The van der Waals surface area contributed by atoms with Crippen LogP contribution in [-0.2, 0) is 19.6 Å². The Labute approximate surface area is 418 Å². The minimum Gasteiger partial charge on any atom is -0.744 e. The van der Waals surface area contributed by atoms with Crippen LogP contribution in [0.25, 0.3) is 0 Å². The van der Waals surface area contributed by atoms with Gasteiger partial charge in [0.15, 0.2) is 0 Å². The Kier molecular flexibility index (Phi) is 43.8. The molecular weight excluding hydrogens is 808 g/mol. The average molecular weight is 897 g/mol. The van der Waals surface area contributed by atoms with E-state index < -0.39 is 32.5 Å². The summed E-state index contributed by atoms with van der Waals surface area (Å²) in [7, 11) is -5.05. The van der Waals surface area contributed by atoms with Crippen LogP contribution in [0.1, 0.15) is 266 Å². The van der Waals surface area contributed by atoms with Crippen LogP contribution in [0.3, 0.4) is 0 Å². The molecule has 9 heteroatoms. The fraction of sp³-hybridized carbons (Fsp3) is 0.769. The number of hydrogen-bond donors (Lipinski definition) is 0. The van der Waals surface area contributed by atoms with Crippen LogP contribution in [0.15, 0.2) is 47.4 Å². The van der Waals surface area contributed by atoms with Crippen molar-refractivity contribution in [2.24, 2.45) is 0 Å². The average Bonchev–Trinajstić information content (AvgIpc) is 3.24. The molecule has 0 saturated heterocycles. The van der Waals surface area contributed by atoms with Crippen LogP contribution in [-0.4, -0.2) is 38.1 Å². The van der Waals surface area contributed by atoms with E-state index in [4.69, 9.17) is 9.47 Å². The predicted molar refractivity (Wildman–Crippen MR) is 251 cm³/mol. The van der Waals surface area contributed by atoms with E-state index in [1.54, 1.807) is 12.2 Å². The molecule has 0 spiro atoms. The van der Waals surface area contributed by atoms with E-state index in [9.17, 15) is 22.6 Å². The van der Waals surface area contributed by atoms with E-state index in [2.05, 4.69) is 13.8 Å². The molecule has 0 aliphatic heterocycles. The smallest absolute Gasteiger partial charge is 0.744 e. The number of rotatable bonds is 43. The van der Waals surface area contributed by atoms with Crippen molar-refractivity contribution in [1.82, 2.24) is 0 Å². The second kappa shape index (κ2) is 44.4. The van der Waals surface area contributed by atoms with Crippen molar-refractivity contribution < 1.29 is 83.4 Å². The molecule has 0 aromatic heterocycles. The van der Waals surface area contributed by atoms with Crippen LogP contribution in [0.5, 0.6) is 0 Å². The molecular formula is C52H89KO7S. The van der Waals surface area contributed by atoms with E-state index in [0.717, 1.165) is 38.2 Å². The van der Waals surface area contributed by atoms with Crippen molar-refractivity contribution in [3.8, 4) is 0 Å². The Morgan fingerprint density at radius 3 is 1.07 bits per heavy atom. The van der Waals surface area contributed by atoms with Gasteiger partial charge in [0.05, 0.1) is 16.0 Å². The van der Waals surface area contributed by atoms with Gasteiger partial charge in [0.25, 0.3) is 0 Å². The quantitative estimate of drug-likeness (QED) is 0.0211. The molecule has 0 bridgehead atoms. The van der Waals surface area contributed by atoms with Crippen LogP contribution in [0, 0.1) is 0 Å². The zero-order valence-electron chi connectivity index (χ0n) is 39.7. The molecule has 346 valence electrons. The second-order valence-electron chi connectivity index (χ2n) is 17.2. The number of allylic oxidation sites excluding steroid dienone is 2. The van der Waals surface area contributed by atoms with Gasteiger partial charge >= 0.3 is 63.3 Å². The van der Waals surface area contributed by atoms with Crippen molar-refractivity contribution >= 4 is 22.1 Å². The normalized spacial score (nSPS) is 11.7. The SMILES string of the molecule is CCCCCCCCCCCCCCCCCCC/C=C/COC(=O)c1cccc(S(=O)(=O)[O-])c1C(=O)OC/C=C/CCCCCCCCCCCCCCCCCCC.[K+].